The number of fused-ring (bicyclic) bond motifs is 1. The van der Waals surface area contributed by atoms with Crippen molar-refractivity contribution in [2.24, 2.45) is 0 Å². The predicted octanol–water partition coefficient (Wildman–Crippen LogP) is 7.78. The van der Waals surface area contributed by atoms with Crippen molar-refractivity contribution in [3.8, 4) is 0 Å². The number of hydrogen-bond acceptors (Lipinski definition) is 8. The molecule has 3 aliphatic heterocycles. The lowest BCUT2D eigenvalue weighted by atomic mass is 9.91. The molecule has 0 unspecified atom stereocenters. The van der Waals surface area contributed by atoms with E-state index in [9.17, 15) is 0 Å². The van der Waals surface area contributed by atoms with Crippen LogP contribution in [0.3, 0.4) is 0 Å². The van der Waals surface area contributed by atoms with Crippen LogP contribution in [0.4, 0.5) is 0 Å². The maximum absolute atomic E-state index is 7.16. The van der Waals surface area contributed by atoms with E-state index in [1.165, 1.54) is 4.91 Å². The third kappa shape index (κ3) is 7.88. The first kappa shape index (κ1) is 32.6. The van der Waals surface area contributed by atoms with Gasteiger partial charge in [-0.25, -0.2) is 0 Å². The molecule has 3 aliphatic rings. The van der Waals surface area contributed by atoms with E-state index in [-0.39, 0.29) is 0 Å². The fourth-order valence-corrected chi connectivity index (χ4v) is 8.76. The average Bonchev–Trinajstić information content (AvgIpc) is 3.50. The Kier molecular flexibility index (Phi) is 11.1. The standard InChI is InChI=1S/C39H40O6S2/c1-5-13-29(14-6-1)23-40-27-33-35(41-24-30-15-7-2-8-16-30)36(42-25-31-17-9-3-10-18-31)37(43-26-32-19-11-4-12-20-32)39(45-33)38-34(28-44-39)46-21-22-47-38/h1-20,33,35-37H,21-28H2/t33-,35+,36+,37-,39-/m1/s1. The van der Waals surface area contributed by atoms with E-state index in [0.717, 1.165) is 38.7 Å². The van der Waals surface area contributed by atoms with Gasteiger partial charge in [0.05, 0.1) is 44.5 Å². The van der Waals surface area contributed by atoms with Crippen molar-refractivity contribution >= 4 is 23.5 Å². The van der Waals surface area contributed by atoms with Gasteiger partial charge in [-0.05, 0) is 22.3 Å². The van der Waals surface area contributed by atoms with E-state index in [0.29, 0.717) is 39.6 Å². The van der Waals surface area contributed by atoms with Crippen molar-refractivity contribution in [3.63, 3.8) is 0 Å². The Bertz CT molecular complexity index is 1570. The Morgan fingerprint density at radius 2 is 1.06 bits per heavy atom. The van der Waals surface area contributed by atoms with E-state index in [1.807, 2.05) is 84.6 Å². The molecule has 0 aromatic heterocycles. The van der Waals surface area contributed by atoms with Gasteiger partial charge in [0.15, 0.2) is 0 Å². The molecule has 7 rings (SSSR count). The van der Waals surface area contributed by atoms with Crippen LogP contribution in [0.1, 0.15) is 22.3 Å². The molecule has 0 N–H and O–H groups in total. The Morgan fingerprint density at radius 1 is 0.574 bits per heavy atom. The molecular weight excluding hydrogens is 629 g/mol. The van der Waals surface area contributed by atoms with Gasteiger partial charge < -0.3 is 28.4 Å². The molecular formula is C39H40O6S2. The lowest BCUT2D eigenvalue weighted by Gasteiger charge is -2.51. The van der Waals surface area contributed by atoms with Crippen LogP contribution in [-0.4, -0.2) is 54.9 Å². The van der Waals surface area contributed by atoms with Crippen molar-refractivity contribution in [1.29, 1.82) is 0 Å². The van der Waals surface area contributed by atoms with Crippen molar-refractivity contribution < 1.29 is 28.4 Å². The molecule has 1 fully saturated rings. The van der Waals surface area contributed by atoms with Gasteiger partial charge in [0.2, 0.25) is 5.79 Å². The second-order valence-corrected chi connectivity index (χ2v) is 14.1. The Hall–Kier alpha value is -2.92. The highest BCUT2D eigenvalue weighted by atomic mass is 32.2. The molecule has 47 heavy (non-hydrogen) atoms. The average molecular weight is 669 g/mol. The van der Waals surface area contributed by atoms with Crippen LogP contribution >= 0.6 is 23.5 Å². The molecule has 4 aromatic rings. The summed E-state index contributed by atoms with van der Waals surface area (Å²) < 4.78 is 40.9. The summed E-state index contributed by atoms with van der Waals surface area (Å²) >= 11 is 3.66. The normalized spacial score (nSPS) is 25.6. The lowest BCUT2D eigenvalue weighted by Crippen LogP contribution is -2.67. The number of ether oxygens (including phenoxy) is 6. The van der Waals surface area contributed by atoms with Gasteiger partial charge in [-0.3, -0.25) is 0 Å². The summed E-state index contributed by atoms with van der Waals surface area (Å²) in [6.45, 7) is 2.41. The van der Waals surface area contributed by atoms with E-state index >= 15 is 0 Å². The van der Waals surface area contributed by atoms with Crippen LogP contribution < -0.4 is 0 Å². The van der Waals surface area contributed by atoms with Gasteiger partial charge >= 0.3 is 0 Å². The topological polar surface area (TPSA) is 55.4 Å². The monoisotopic (exact) mass is 668 g/mol. The van der Waals surface area contributed by atoms with Crippen molar-refractivity contribution in [2.75, 3.05) is 24.7 Å². The molecule has 244 valence electrons. The fourth-order valence-electron chi connectivity index (χ4n) is 6.23. The van der Waals surface area contributed by atoms with Crippen LogP contribution in [0, 0.1) is 0 Å². The Morgan fingerprint density at radius 3 is 1.64 bits per heavy atom. The molecule has 3 heterocycles. The second kappa shape index (κ2) is 16.0. The van der Waals surface area contributed by atoms with Crippen LogP contribution in [0.15, 0.2) is 131 Å². The summed E-state index contributed by atoms with van der Waals surface area (Å²) in [5.41, 5.74) is 4.31. The van der Waals surface area contributed by atoms with Gasteiger partial charge in [-0.15, -0.1) is 23.5 Å². The first-order valence-corrected chi connectivity index (χ1v) is 18.1. The van der Waals surface area contributed by atoms with Gasteiger partial charge in [-0.1, -0.05) is 121 Å². The first-order chi connectivity index (χ1) is 23.3. The summed E-state index contributed by atoms with van der Waals surface area (Å²) in [4.78, 5) is 2.30. The number of thioether (sulfide) groups is 2. The van der Waals surface area contributed by atoms with Crippen LogP contribution in [0.5, 0.6) is 0 Å². The summed E-state index contributed by atoms with van der Waals surface area (Å²) in [7, 11) is 0. The molecule has 0 amide bonds. The zero-order chi connectivity index (χ0) is 31.7. The third-order valence-corrected chi connectivity index (χ3v) is 11.2. The number of rotatable bonds is 13. The lowest BCUT2D eigenvalue weighted by molar-refractivity contribution is -0.358. The van der Waals surface area contributed by atoms with Crippen LogP contribution in [-0.2, 0) is 54.8 Å². The minimum absolute atomic E-state index is 0.302. The third-order valence-electron chi connectivity index (χ3n) is 8.52. The smallest absolute Gasteiger partial charge is 0.232 e. The highest BCUT2D eigenvalue weighted by Crippen LogP contribution is 2.53. The van der Waals surface area contributed by atoms with Gasteiger partial charge in [0, 0.05) is 16.4 Å². The Labute approximate surface area is 285 Å². The van der Waals surface area contributed by atoms with Gasteiger partial charge in [0.1, 0.15) is 24.4 Å². The highest BCUT2D eigenvalue weighted by Gasteiger charge is 2.62. The number of benzene rings is 4. The summed E-state index contributed by atoms with van der Waals surface area (Å²) in [5.74, 6) is 0.873. The molecule has 4 aromatic carbocycles. The Balaban J connectivity index is 1.25. The van der Waals surface area contributed by atoms with Crippen LogP contribution in [0.25, 0.3) is 0 Å². The van der Waals surface area contributed by atoms with Crippen LogP contribution in [0.2, 0.25) is 0 Å². The second-order valence-electron chi connectivity index (χ2n) is 11.8. The van der Waals surface area contributed by atoms with Crippen molar-refractivity contribution in [2.45, 2.75) is 56.6 Å². The van der Waals surface area contributed by atoms with E-state index in [4.69, 9.17) is 28.4 Å². The highest BCUT2D eigenvalue weighted by molar-refractivity contribution is 8.10. The quantitative estimate of drug-likeness (QED) is 0.143. The van der Waals surface area contributed by atoms with Gasteiger partial charge in [-0.2, -0.15) is 0 Å². The fraction of sp³-hybridized carbons (Fsp3) is 0.333. The molecule has 1 spiro atoms. The van der Waals surface area contributed by atoms with E-state index < -0.39 is 30.2 Å². The van der Waals surface area contributed by atoms with E-state index in [2.05, 4.69) is 48.5 Å². The molecule has 0 saturated carbocycles. The summed E-state index contributed by atoms with van der Waals surface area (Å²) in [6.07, 6.45) is -2.12. The largest absolute Gasteiger partial charge is 0.374 e. The molecule has 1 saturated heterocycles. The van der Waals surface area contributed by atoms with E-state index in [1.54, 1.807) is 11.8 Å². The molecule has 0 bridgehead atoms. The SMILES string of the molecule is c1ccc(COC[C@H]2O[C@]3(OCC4=C3SCCS4)[C@H](OCc3ccccc3)[C@@H](OCc3ccccc3)[C@H]2OCc2ccccc2)cc1. The summed E-state index contributed by atoms with van der Waals surface area (Å²) in [6, 6.07) is 40.9. The van der Waals surface area contributed by atoms with Gasteiger partial charge in [0.25, 0.3) is 0 Å². The molecule has 8 heteroatoms. The maximum Gasteiger partial charge on any atom is 0.232 e. The molecule has 0 radical (unpaired) electrons. The zero-order valence-corrected chi connectivity index (χ0v) is 27.9. The van der Waals surface area contributed by atoms with Crippen molar-refractivity contribution in [1.82, 2.24) is 0 Å². The summed E-state index contributed by atoms with van der Waals surface area (Å²) in [5, 5.41) is 0. The predicted molar refractivity (Wildman–Crippen MR) is 187 cm³/mol. The zero-order valence-electron chi connectivity index (χ0n) is 26.3. The molecule has 5 atom stereocenters. The minimum atomic E-state index is -1.14. The first-order valence-electron chi connectivity index (χ1n) is 16.2. The van der Waals surface area contributed by atoms with Crippen molar-refractivity contribution in [3.05, 3.63) is 153 Å². The maximum atomic E-state index is 7.16. The minimum Gasteiger partial charge on any atom is -0.374 e. The molecule has 6 nitrogen and oxygen atoms in total. The molecule has 0 aliphatic carbocycles. The number of hydrogen-bond donors (Lipinski definition) is 0.